The van der Waals surface area contributed by atoms with Crippen molar-refractivity contribution in [3.8, 4) is 5.75 Å². The number of nitrogens with two attached hydrogens (primary N) is 1. The van der Waals surface area contributed by atoms with Crippen LogP contribution < -0.4 is 15.8 Å². The summed E-state index contributed by atoms with van der Waals surface area (Å²) in [5, 5.41) is 1.62. The molecule has 11 heteroatoms. The van der Waals surface area contributed by atoms with Crippen LogP contribution in [-0.2, 0) is 36.0 Å². The average Bonchev–Trinajstić information content (AvgIpc) is 3.45. The number of imidazole rings is 1. The van der Waals surface area contributed by atoms with Gasteiger partial charge in [-0.2, -0.15) is 0 Å². The fraction of sp³-hybridized carbons (Fsp3) is 0.300. The number of benzene rings is 3. The van der Waals surface area contributed by atoms with Crippen molar-refractivity contribution in [1.29, 1.82) is 0 Å². The number of thioether (sulfide) groups is 1. The highest BCUT2D eigenvalue weighted by atomic mass is 35.5. The number of para-hydroxylation sites is 2. The summed E-state index contributed by atoms with van der Waals surface area (Å²) in [4.78, 5) is 28.3. The molecular weight excluding hydrogens is 583 g/mol. The molecule has 3 N–H and O–H groups in total. The van der Waals surface area contributed by atoms with E-state index in [0.29, 0.717) is 37.1 Å². The van der Waals surface area contributed by atoms with Gasteiger partial charge in [-0.3, -0.25) is 14.9 Å². The smallest absolute Gasteiger partial charge is 0.286 e. The van der Waals surface area contributed by atoms with Gasteiger partial charge in [0.1, 0.15) is 5.75 Å². The molecule has 0 spiro atoms. The quantitative estimate of drug-likeness (QED) is 0.207. The van der Waals surface area contributed by atoms with Crippen LogP contribution in [0.5, 0.6) is 5.75 Å². The number of rotatable bonds is 11. The largest absolute Gasteiger partial charge is 0.457 e. The Morgan fingerprint density at radius 2 is 1.68 bits per heavy atom. The number of hydrogen-bond donors (Lipinski definition) is 2. The molecule has 4 aromatic rings. The normalized spacial score (nSPS) is 16.0. The molecule has 41 heavy (non-hydrogen) atoms. The average molecular weight is 618 g/mol. The van der Waals surface area contributed by atoms with E-state index in [9.17, 15) is 9.59 Å². The number of halogens is 2. The summed E-state index contributed by atoms with van der Waals surface area (Å²) in [5.41, 5.74) is 11.0. The van der Waals surface area contributed by atoms with Crippen molar-refractivity contribution in [3.05, 3.63) is 95.3 Å². The zero-order valence-corrected chi connectivity index (χ0v) is 25.3. The van der Waals surface area contributed by atoms with Gasteiger partial charge in [-0.25, -0.2) is 4.98 Å². The first kappa shape index (κ1) is 32.4. The van der Waals surface area contributed by atoms with Crippen LogP contribution in [0.2, 0.25) is 0 Å². The topological polar surface area (TPSA) is 108 Å². The van der Waals surface area contributed by atoms with Gasteiger partial charge in [0.05, 0.1) is 22.9 Å². The lowest BCUT2D eigenvalue weighted by molar-refractivity contribution is -0.118. The van der Waals surface area contributed by atoms with E-state index in [-0.39, 0.29) is 36.0 Å². The number of hydrogen-bond acceptors (Lipinski definition) is 7. The molecule has 1 aliphatic heterocycles. The van der Waals surface area contributed by atoms with E-state index in [1.807, 2.05) is 72.3 Å². The minimum atomic E-state index is -0.762. The van der Waals surface area contributed by atoms with Gasteiger partial charge in [0.25, 0.3) is 11.5 Å². The molecule has 1 aromatic heterocycles. The minimum absolute atomic E-state index is 0. The lowest BCUT2D eigenvalue weighted by atomic mass is 9.97. The molecule has 2 amide bonds. The third kappa shape index (κ3) is 7.81. The molecular formula is C30H34Cl2N4O4S. The van der Waals surface area contributed by atoms with Crippen molar-refractivity contribution in [2.45, 2.75) is 37.9 Å². The number of aryl methyl sites for hydroxylation is 1. The standard InChI is InChI=1S/C30H32N4O4S.2ClH/c1-19(17-31)15-21-7-3-4-8-22(21)18-37-29(27-32-24-9-5-6-10-25(24)34(27)2)38-23-13-11-20(12-14-23)16-26-28(35)33-30(36)39-26;;/h3-14,19,26,29H,15-18,31H2,1-2H3,(H,33,35,36);2*1H. The maximum absolute atomic E-state index is 11.9. The van der Waals surface area contributed by atoms with E-state index in [4.69, 9.17) is 20.2 Å². The fourth-order valence-electron chi connectivity index (χ4n) is 4.63. The van der Waals surface area contributed by atoms with Crippen LogP contribution in [0, 0.1) is 5.92 Å². The third-order valence-electron chi connectivity index (χ3n) is 6.87. The summed E-state index contributed by atoms with van der Waals surface area (Å²) in [7, 11) is 1.95. The van der Waals surface area contributed by atoms with Gasteiger partial charge in [-0.05, 0) is 66.3 Å². The summed E-state index contributed by atoms with van der Waals surface area (Å²) in [6.07, 6.45) is 0.575. The Hall–Kier alpha value is -3.08. The Kier molecular flexibility index (Phi) is 11.6. The Bertz CT molecular complexity index is 1480. The predicted octanol–water partition coefficient (Wildman–Crippen LogP) is 5.74. The molecule has 0 bridgehead atoms. The van der Waals surface area contributed by atoms with E-state index in [2.05, 4.69) is 24.4 Å². The zero-order valence-electron chi connectivity index (χ0n) is 22.8. The number of ether oxygens (including phenoxy) is 2. The summed E-state index contributed by atoms with van der Waals surface area (Å²) in [6.45, 7) is 3.11. The maximum atomic E-state index is 11.9. The molecule has 8 nitrogen and oxygen atoms in total. The van der Waals surface area contributed by atoms with E-state index in [1.165, 1.54) is 5.56 Å². The van der Waals surface area contributed by atoms with Crippen molar-refractivity contribution in [2.75, 3.05) is 6.54 Å². The van der Waals surface area contributed by atoms with Crippen LogP contribution >= 0.6 is 36.6 Å². The van der Waals surface area contributed by atoms with Crippen LogP contribution in [0.25, 0.3) is 11.0 Å². The van der Waals surface area contributed by atoms with Crippen LogP contribution in [-0.4, -0.2) is 32.5 Å². The highest BCUT2D eigenvalue weighted by Gasteiger charge is 2.31. The summed E-state index contributed by atoms with van der Waals surface area (Å²) in [5.74, 6) is 1.39. The molecule has 218 valence electrons. The lowest BCUT2D eigenvalue weighted by Gasteiger charge is -2.21. The van der Waals surface area contributed by atoms with Gasteiger partial charge in [0, 0.05) is 7.05 Å². The van der Waals surface area contributed by atoms with E-state index in [0.717, 1.165) is 40.3 Å². The van der Waals surface area contributed by atoms with Gasteiger partial charge in [-0.15, -0.1) is 24.8 Å². The van der Waals surface area contributed by atoms with Crippen molar-refractivity contribution in [1.82, 2.24) is 14.9 Å². The molecule has 2 heterocycles. The Morgan fingerprint density at radius 3 is 2.34 bits per heavy atom. The summed E-state index contributed by atoms with van der Waals surface area (Å²) < 4.78 is 14.8. The molecule has 0 aliphatic carbocycles. The molecule has 1 saturated heterocycles. The van der Waals surface area contributed by atoms with Crippen molar-refractivity contribution in [2.24, 2.45) is 18.7 Å². The number of carbonyl (C=O) groups excluding carboxylic acids is 2. The van der Waals surface area contributed by atoms with Gasteiger partial charge < -0.3 is 19.8 Å². The number of nitrogens with one attached hydrogen (secondary N) is 1. The molecule has 0 saturated carbocycles. The summed E-state index contributed by atoms with van der Waals surface area (Å²) in [6, 6.07) is 23.7. The molecule has 3 atom stereocenters. The highest BCUT2D eigenvalue weighted by Crippen LogP contribution is 2.29. The Balaban J connectivity index is 0.00000231. The Labute approximate surface area is 256 Å². The van der Waals surface area contributed by atoms with Gasteiger partial charge in [0.15, 0.2) is 5.82 Å². The van der Waals surface area contributed by atoms with E-state index >= 15 is 0 Å². The zero-order chi connectivity index (χ0) is 27.4. The molecule has 0 radical (unpaired) electrons. The van der Waals surface area contributed by atoms with Crippen LogP contribution in [0.3, 0.4) is 0 Å². The molecule has 1 aliphatic rings. The van der Waals surface area contributed by atoms with Gasteiger partial charge in [-0.1, -0.05) is 67.2 Å². The number of imide groups is 1. The maximum Gasteiger partial charge on any atom is 0.286 e. The molecule has 1 fully saturated rings. The number of aromatic nitrogens is 2. The van der Waals surface area contributed by atoms with Crippen LogP contribution in [0.15, 0.2) is 72.8 Å². The lowest BCUT2D eigenvalue weighted by Crippen LogP contribution is -2.25. The molecule has 3 aromatic carbocycles. The summed E-state index contributed by atoms with van der Waals surface area (Å²) >= 11 is 1.03. The van der Waals surface area contributed by atoms with Crippen molar-refractivity contribution >= 4 is 58.8 Å². The van der Waals surface area contributed by atoms with Gasteiger partial charge in [0.2, 0.25) is 5.91 Å². The second-order valence-electron chi connectivity index (χ2n) is 9.82. The number of nitrogens with zero attached hydrogens (tertiary/aromatic N) is 2. The second-order valence-corrected chi connectivity index (χ2v) is 11.0. The Morgan fingerprint density at radius 1 is 1.00 bits per heavy atom. The fourth-order valence-corrected chi connectivity index (χ4v) is 5.49. The first-order valence-corrected chi connectivity index (χ1v) is 13.9. The first-order valence-electron chi connectivity index (χ1n) is 13.0. The highest BCUT2D eigenvalue weighted by molar-refractivity contribution is 8.15. The van der Waals surface area contributed by atoms with E-state index < -0.39 is 11.5 Å². The van der Waals surface area contributed by atoms with Crippen molar-refractivity contribution in [3.63, 3.8) is 0 Å². The molecule has 3 unspecified atom stereocenters. The number of fused-ring (bicyclic) bond motifs is 1. The first-order chi connectivity index (χ1) is 18.9. The third-order valence-corrected chi connectivity index (χ3v) is 7.85. The SMILES string of the molecule is CC(CN)Cc1ccccc1COC(Oc1ccc(CC2SC(=O)NC2=O)cc1)c1nc2ccccc2n1C.Cl.Cl. The minimum Gasteiger partial charge on any atom is -0.457 e. The molecule has 5 rings (SSSR count). The number of carbonyl (C=O) groups is 2. The van der Waals surface area contributed by atoms with Crippen molar-refractivity contribution < 1.29 is 19.1 Å². The second kappa shape index (κ2) is 14.7. The predicted molar refractivity (Wildman–Crippen MR) is 167 cm³/mol. The van der Waals surface area contributed by atoms with Crippen LogP contribution in [0.1, 0.15) is 35.7 Å². The van der Waals surface area contributed by atoms with Gasteiger partial charge >= 0.3 is 0 Å². The monoisotopic (exact) mass is 616 g/mol. The number of amides is 2. The van der Waals surface area contributed by atoms with E-state index in [1.54, 1.807) is 0 Å². The van der Waals surface area contributed by atoms with Crippen LogP contribution in [0.4, 0.5) is 4.79 Å².